The van der Waals surface area contributed by atoms with E-state index in [2.05, 4.69) is 4.74 Å². The quantitative estimate of drug-likeness (QED) is 0.791. The molecule has 1 fully saturated rings. The van der Waals surface area contributed by atoms with Crippen molar-refractivity contribution in [2.75, 3.05) is 19.6 Å². The number of nitrogens with zero attached hydrogens (tertiary/aromatic N) is 1. The van der Waals surface area contributed by atoms with Gasteiger partial charge in [0.25, 0.3) is 6.10 Å². The molecule has 1 amide bonds. The first-order chi connectivity index (χ1) is 8.55. The maximum Gasteiger partial charge on any atom is 0.434 e. The van der Waals surface area contributed by atoms with Crippen LogP contribution in [0, 0.1) is 5.92 Å². The van der Waals surface area contributed by atoms with Crippen LogP contribution < -0.4 is 5.73 Å². The highest BCUT2D eigenvalue weighted by Gasteiger charge is 2.60. The second-order valence-corrected chi connectivity index (χ2v) is 4.18. The van der Waals surface area contributed by atoms with E-state index >= 15 is 0 Å². The third kappa shape index (κ3) is 4.89. The average molecular weight is 331 g/mol. The Morgan fingerprint density at radius 2 is 1.75 bits per heavy atom. The van der Waals surface area contributed by atoms with Crippen LogP contribution in [0.15, 0.2) is 0 Å². The lowest BCUT2D eigenvalue weighted by Crippen LogP contribution is -2.47. The topological polar surface area (TPSA) is 55.6 Å². The first-order valence-electron chi connectivity index (χ1n) is 5.34. The molecule has 1 unspecified atom stereocenters. The van der Waals surface area contributed by atoms with Crippen molar-refractivity contribution < 1.29 is 35.9 Å². The number of hydrogen-bond acceptors (Lipinski definition) is 3. The molecule has 4 nitrogen and oxygen atoms in total. The Morgan fingerprint density at radius 3 is 2.10 bits per heavy atom. The van der Waals surface area contributed by atoms with Gasteiger partial charge in [-0.25, -0.2) is 4.79 Å². The summed E-state index contributed by atoms with van der Waals surface area (Å²) in [6.07, 6.45) is -16.7. The number of likely N-dealkylation sites (tertiary alicyclic amines) is 1. The number of carbonyl (C=O) groups is 1. The van der Waals surface area contributed by atoms with Gasteiger partial charge in [-0.3, -0.25) is 0 Å². The molecule has 0 saturated carbocycles. The Bertz CT molecular complexity index is 321. The summed E-state index contributed by atoms with van der Waals surface area (Å²) in [5, 5.41) is 0. The van der Waals surface area contributed by atoms with Crippen LogP contribution in [0.3, 0.4) is 0 Å². The lowest BCUT2D eigenvalue weighted by Gasteiger charge is -2.25. The van der Waals surface area contributed by atoms with E-state index in [0.29, 0.717) is 6.42 Å². The van der Waals surface area contributed by atoms with E-state index in [4.69, 9.17) is 5.73 Å². The second-order valence-electron chi connectivity index (χ2n) is 4.18. The first kappa shape index (κ1) is 19.1. The SMILES string of the molecule is Cl.NCC1CCN(C(=O)OC(C(F)(F)F)C(F)(F)F)C1. The summed E-state index contributed by atoms with van der Waals surface area (Å²) in [7, 11) is 0. The van der Waals surface area contributed by atoms with E-state index in [1.807, 2.05) is 0 Å². The Labute approximate surface area is 116 Å². The number of rotatable bonds is 2. The minimum absolute atomic E-state index is 0. The van der Waals surface area contributed by atoms with Gasteiger partial charge in [0, 0.05) is 13.1 Å². The normalized spacial score (nSPS) is 20.0. The summed E-state index contributed by atoms with van der Waals surface area (Å²) in [4.78, 5) is 12.1. The molecule has 0 bridgehead atoms. The summed E-state index contributed by atoms with van der Waals surface area (Å²) in [5.41, 5.74) is 5.30. The van der Waals surface area contributed by atoms with E-state index in [9.17, 15) is 31.1 Å². The van der Waals surface area contributed by atoms with Crippen LogP contribution >= 0.6 is 12.4 Å². The van der Waals surface area contributed by atoms with Crippen LogP contribution in [0.25, 0.3) is 0 Å². The van der Waals surface area contributed by atoms with Crippen molar-refractivity contribution in [2.45, 2.75) is 24.9 Å². The van der Waals surface area contributed by atoms with Crippen molar-refractivity contribution >= 4 is 18.5 Å². The smallest absolute Gasteiger partial charge is 0.426 e. The molecule has 0 radical (unpaired) electrons. The van der Waals surface area contributed by atoms with Crippen molar-refractivity contribution in [1.29, 1.82) is 0 Å². The maximum absolute atomic E-state index is 12.2. The highest BCUT2D eigenvalue weighted by atomic mass is 35.5. The number of ether oxygens (including phenoxy) is 1. The summed E-state index contributed by atoms with van der Waals surface area (Å²) in [6.45, 7) is 0.229. The standard InChI is InChI=1S/C9H12F6N2O2.ClH/c10-8(11,12)6(9(13,14)15)19-7(18)17-2-1-5(3-16)4-17;/h5-6H,1-4,16H2;1H. The lowest BCUT2D eigenvalue weighted by atomic mass is 10.1. The zero-order chi connectivity index (χ0) is 14.8. The van der Waals surface area contributed by atoms with Gasteiger partial charge in [0.05, 0.1) is 0 Å². The third-order valence-corrected chi connectivity index (χ3v) is 2.69. The van der Waals surface area contributed by atoms with Crippen LogP contribution in [0.4, 0.5) is 31.1 Å². The first-order valence-corrected chi connectivity index (χ1v) is 5.34. The van der Waals surface area contributed by atoms with Crippen molar-refractivity contribution in [3.8, 4) is 0 Å². The van der Waals surface area contributed by atoms with E-state index in [0.717, 1.165) is 4.90 Å². The molecule has 1 rings (SSSR count). The van der Waals surface area contributed by atoms with Gasteiger partial charge in [-0.2, -0.15) is 26.3 Å². The number of carbonyl (C=O) groups excluding carboxylic acids is 1. The second kappa shape index (κ2) is 6.70. The molecule has 1 saturated heterocycles. The fourth-order valence-corrected chi connectivity index (χ4v) is 1.69. The summed E-state index contributed by atoms with van der Waals surface area (Å²) in [5.74, 6) is -0.136. The van der Waals surface area contributed by atoms with Gasteiger partial charge >= 0.3 is 18.4 Å². The molecule has 11 heteroatoms. The third-order valence-electron chi connectivity index (χ3n) is 2.69. The largest absolute Gasteiger partial charge is 0.434 e. The van der Waals surface area contributed by atoms with Gasteiger partial charge in [0.15, 0.2) is 0 Å². The van der Waals surface area contributed by atoms with Crippen LogP contribution in [0.2, 0.25) is 0 Å². The number of halogens is 7. The average Bonchev–Trinajstić information content (AvgIpc) is 2.70. The highest BCUT2D eigenvalue weighted by Crippen LogP contribution is 2.36. The molecular formula is C9H13ClF6N2O2. The summed E-state index contributed by atoms with van der Waals surface area (Å²) in [6, 6.07) is 0. The van der Waals surface area contributed by atoms with Gasteiger partial charge < -0.3 is 15.4 Å². The van der Waals surface area contributed by atoms with Crippen molar-refractivity contribution in [3.63, 3.8) is 0 Å². The molecule has 2 N–H and O–H groups in total. The molecule has 20 heavy (non-hydrogen) atoms. The summed E-state index contributed by atoms with van der Waals surface area (Å²) >= 11 is 0. The molecule has 1 heterocycles. The summed E-state index contributed by atoms with van der Waals surface area (Å²) < 4.78 is 76.6. The minimum Gasteiger partial charge on any atom is -0.426 e. The maximum atomic E-state index is 12.2. The van der Waals surface area contributed by atoms with Crippen molar-refractivity contribution in [3.05, 3.63) is 0 Å². The zero-order valence-corrected chi connectivity index (χ0v) is 10.8. The molecule has 0 aromatic rings. The Kier molecular flexibility index (Phi) is 6.40. The van der Waals surface area contributed by atoms with Gasteiger partial charge in [-0.1, -0.05) is 0 Å². The molecule has 0 aromatic carbocycles. The predicted molar refractivity (Wildman–Crippen MR) is 58.4 cm³/mol. The van der Waals surface area contributed by atoms with Gasteiger partial charge in [-0.05, 0) is 18.9 Å². The molecule has 0 spiro atoms. The van der Waals surface area contributed by atoms with Crippen molar-refractivity contribution in [2.24, 2.45) is 11.7 Å². The van der Waals surface area contributed by atoms with E-state index in [1.165, 1.54) is 0 Å². The molecule has 0 aliphatic carbocycles. The number of alkyl halides is 6. The zero-order valence-electron chi connectivity index (χ0n) is 10.0. The fourth-order valence-electron chi connectivity index (χ4n) is 1.69. The number of nitrogens with two attached hydrogens (primary N) is 1. The van der Waals surface area contributed by atoms with Crippen LogP contribution in [0.5, 0.6) is 0 Å². The van der Waals surface area contributed by atoms with Crippen LogP contribution in [0.1, 0.15) is 6.42 Å². The molecule has 1 atom stereocenters. The van der Waals surface area contributed by atoms with Crippen LogP contribution in [-0.2, 0) is 4.74 Å². The Hall–Kier alpha value is -0.900. The minimum atomic E-state index is -5.69. The fraction of sp³-hybridized carbons (Fsp3) is 0.889. The van der Waals surface area contributed by atoms with Crippen LogP contribution in [-0.4, -0.2) is 49.1 Å². The molecule has 120 valence electrons. The predicted octanol–water partition coefficient (Wildman–Crippen LogP) is 2.32. The molecular weight excluding hydrogens is 318 g/mol. The Morgan fingerprint density at radius 1 is 1.25 bits per heavy atom. The van der Waals surface area contributed by atoms with Gasteiger partial charge in [0.1, 0.15) is 0 Å². The van der Waals surface area contributed by atoms with E-state index in [1.54, 1.807) is 0 Å². The monoisotopic (exact) mass is 330 g/mol. The van der Waals surface area contributed by atoms with E-state index in [-0.39, 0.29) is 38.0 Å². The van der Waals surface area contributed by atoms with Crippen molar-refractivity contribution in [1.82, 2.24) is 4.90 Å². The number of amides is 1. The van der Waals surface area contributed by atoms with Gasteiger partial charge in [-0.15, -0.1) is 12.4 Å². The molecule has 1 aliphatic rings. The highest BCUT2D eigenvalue weighted by molar-refractivity contribution is 5.85. The lowest BCUT2D eigenvalue weighted by molar-refractivity contribution is -0.308. The van der Waals surface area contributed by atoms with E-state index < -0.39 is 24.5 Å². The molecule has 0 aromatic heterocycles. The number of hydrogen-bond donors (Lipinski definition) is 1. The molecule has 1 aliphatic heterocycles. The van der Waals surface area contributed by atoms with Gasteiger partial charge in [0.2, 0.25) is 0 Å². The Balaban J connectivity index is 0.00000361.